The van der Waals surface area contributed by atoms with E-state index in [1.165, 1.54) is 17.8 Å². The molecule has 0 aromatic heterocycles. The monoisotopic (exact) mass is 228 g/mol. The zero-order valence-corrected chi connectivity index (χ0v) is 9.98. The van der Waals surface area contributed by atoms with E-state index < -0.39 is 6.10 Å². The fourth-order valence-electron chi connectivity index (χ4n) is 1.22. The summed E-state index contributed by atoms with van der Waals surface area (Å²) in [6, 6.07) is 4.94. The normalized spacial score (nSPS) is 12.8. The fourth-order valence-corrected chi connectivity index (χ4v) is 2.23. The van der Waals surface area contributed by atoms with Gasteiger partial charge in [0.1, 0.15) is 5.82 Å². The van der Waals surface area contributed by atoms with Crippen molar-refractivity contribution in [1.82, 2.24) is 0 Å². The second-order valence-electron chi connectivity index (χ2n) is 3.57. The molecule has 0 saturated carbocycles. The molecule has 0 bridgehead atoms. The van der Waals surface area contributed by atoms with Crippen LogP contribution in [0.1, 0.15) is 38.4 Å². The molecule has 3 heteroatoms. The van der Waals surface area contributed by atoms with Crippen LogP contribution < -0.4 is 0 Å². The van der Waals surface area contributed by atoms with Gasteiger partial charge in [-0.1, -0.05) is 19.4 Å². The van der Waals surface area contributed by atoms with Crippen molar-refractivity contribution in [1.29, 1.82) is 0 Å². The lowest BCUT2D eigenvalue weighted by Crippen LogP contribution is -1.93. The van der Waals surface area contributed by atoms with Gasteiger partial charge in [-0.15, -0.1) is 11.8 Å². The standard InChI is InChI=1S/C12H17FOS/c1-3-4-7-15-12-6-5-10(9(2)14)8-11(12)13/h5-6,8-9,14H,3-4,7H2,1-2H3/t9-/m1/s1. The zero-order chi connectivity index (χ0) is 11.3. The molecule has 0 heterocycles. The topological polar surface area (TPSA) is 20.2 Å². The summed E-state index contributed by atoms with van der Waals surface area (Å²) in [7, 11) is 0. The average Bonchev–Trinajstić information content (AvgIpc) is 2.20. The number of unbranched alkanes of at least 4 members (excludes halogenated alkanes) is 1. The number of rotatable bonds is 5. The number of benzene rings is 1. The van der Waals surface area contributed by atoms with E-state index in [1.54, 1.807) is 19.1 Å². The van der Waals surface area contributed by atoms with Crippen LogP contribution in [0, 0.1) is 5.82 Å². The van der Waals surface area contributed by atoms with Gasteiger partial charge in [0.25, 0.3) is 0 Å². The van der Waals surface area contributed by atoms with Gasteiger partial charge in [-0.3, -0.25) is 0 Å². The van der Waals surface area contributed by atoms with Crippen molar-refractivity contribution >= 4 is 11.8 Å². The highest BCUT2D eigenvalue weighted by Gasteiger charge is 2.06. The SMILES string of the molecule is CCCCSc1ccc([C@@H](C)O)cc1F. The van der Waals surface area contributed by atoms with Gasteiger partial charge in [0.2, 0.25) is 0 Å². The van der Waals surface area contributed by atoms with Gasteiger partial charge in [0.15, 0.2) is 0 Å². The smallest absolute Gasteiger partial charge is 0.137 e. The first-order chi connectivity index (χ1) is 7.15. The van der Waals surface area contributed by atoms with Gasteiger partial charge in [-0.25, -0.2) is 4.39 Å². The van der Waals surface area contributed by atoms with Crippen LogP contribution in [0.25, 0.3) is 0 Å². The largest absolute Gasteiger partial charge is 0.389 e. The number of aliphatic hydroxyl groups excluding tert-OH is 1. The van der Waals surface area contributed by atoms with Gasteiger partial charge >= 0.3 is 0 Å². The van der Waals surface area contributed by atoms with Crippen molar-refractivity contribution in [2.45, 2.75) is 37.7 Å². The molecule has 1 aromatic carbocycles. The Morgan fingerprint density at radius 1 is 1.47 bits per heavy atom. The van der Waals surface area contributed by atoms with Crippen LogP contribution in [0.3, 0.4) is 0 Å². The van der Waals surface area contributed by atoms with Crippen molar-refractivity contribution in [3.63, 3.8) is 0 Å². The number of hydrogen-bond donors (Lipinski definition) is 1. The molecule has 84 valence electrons. The first kappa shape index (κ1) is 12.5. The van der Waals surface area contributed by atoms with Gasteiger partial charge in [0.05, 0.1) is 6.10 Å². The minimum absolute atomic E-state index is 0.227. The predicted molar refractivity (Wildman–Crippen MR) is 62.7 cm³/mol. The molecule has 0 aliphatic heterocycles. The van der Waals surface area contributed by atoms with Crippen LogP contribution in [-0.2, 0) is 0 Å². The molecule has 0 radical (unpaired) electrons. The molecule has 1 atom stereocenters. The lowest BCUT2D eigenvalue weighted by molar-refractivity contribution is 0.198. The lowest BCUT2D eigenvalue weighted by Gasteiger charge is -2.07. The van der Waals surface area contributed by atoms with Crippen LogP contribution in [0.15, 0.2) is 23.1 Å². The first-order valence-corrected chi connectivity index (χ1v) is 6.24. The van der Waals surface area contributed by atoms with Crippen molar-refractivity contribution < 1.29 is 9.50 Å². The zero-order valence-electron chi connectivity index (χ0n) is 9.16. The van der Waals surface area contributed by atoms with Crippen LogP contribution in [0.4, 0.5) is 4.39 Å². The van der Waals surface area contributed by atoms with E-state index in [2.05, 4.69) is 6.92 Å². The molecule has 0 unspecified atom stereocenters. The van der Waals surface area contributed by atoms with Crippen LogP contribution in [0.2, 0.25) is 0 Å². The summed E-state index contributed by atoms with van der Waals surface area (Å²) in [4.78, 5) is 0.674. The molecular formula is C12H17FOS. The summed E-state index contributed by atoms with van der Waals surface area (Å²) in [5, 5.41) is 9.28. The number of halogens is 1. The Morgan fingerprint density at radius 3 is 2.73 bits per heavy atom. The number of aliphatic hydroxyl groups is 1. The third-order valence-corrected chi connectivity index (χ3v) is 3.33. The maximum absolute atomic E-state index is 13.5. The van der Waals surface area contributed by atoms with Crippen molar-refractivity contribution in [3.05, 3.63) is 29.6 Å². The minimum Gasteiger partial charge on any atom is -0.389 e. The molecule has 1 nitrogen and oxygen atoms in total. The Morgan fingerprint density at radius 2 is 2.20 bits per heavy atom. The Kier molecular flexibility index (Phi) is 5.12. The van der Waals surface area contributed by atoms with Gasteiger partial charge in [-0.05, 0) is 36.8 Å². The first-order valence-electron chi connectivity index (χ1n) is 5.25. The van der Waals surface area contributed by atoms with Gasteiger partial charge in [0, 0.05) is 4.90 Å². The molecule has 1 rings (SSSR count). The molecule has 1 aromatic rings. The Bertz CT molecular complexity index is 312. The summed E-state index contributed by atoms with van der Waals surface area (Å²) >= 11 is 1.54. The molecule has 0 fully saturated rings. The minimum atomic E-state index is -0.603. The third-order valence-electron chi connectivity index (χ3n) is 2.19. The second-order valence-corrected chi connectivity index (χ2v) is 4.70. The molecule has 0 aliphatic carbocycles. The van der Waals surface area contributed by atoms with E-state index >= 15 is 0 Å². The molecule has 0 spiro atoms. The number of hydrogen-bond acceptors (Lipinski definition) is 2. The van der Waals surface area contributed by atoms with E-state index in [1.807, 2.05) is 0 Å². The maximum Gasteiger partial charge on any atom is 0.137 e. The number of thioether (sulfide) groups is 1. The van der Waals surface area contributed by atoms with E-state index in [-0.39, 0.29) is 5.82 Å². The molecule has 15 heavy (non-hydrogen) atoms. The van der Waals surface area contributed by atoms with E-state index in [4.69, 9.17) is 0 Å². The second kappa shape index (κ2) is 6.13. The molecule has 0 amide bonds. The summed E-state index contributed by atoms with van der Waals surface area (Å²) in [5.74, 6) is 0.719. The molecule has 1 N–H and O–H groups in total. The fraction of sp³-hybridized carbons (Fsp3) is 0.500. The average molecular weight is 228 g/mol. The van der Waals surface area contributed by atoms with Crippen LogP contribution in [0.5, 0.6) is 0 Å². The lowest BCUT2D eigenvalue weighted by atomic mass is 10.1. The summed E-state index contributed by atoms with van der Waals surface area (Å²) in [5.41, 5.74) is 0.632. The van der Waals surface area contributed by atoms with E-state index in [9.17, 15) is 9.50 Å². The van der Waals surface area contributed by atoms with Crippen molar-refractivity contribution in [2.75, 3.05) is 5.75 Å². The quantitative estimate of drug-likeness (QED) is 0.611. The Labute approximate surface area is 94.7 Å². The highest BCUT2D eigenvalue weighted by Crippen LogP contribution is 2.25. The van der Waals surface area contributed by atoms with Gasteiger partial charge in [-0.2, -0.15) is 0 Å². The van der Waals surface area contributed by atoms with Gasteiger partial charge < -0.3 is 5.11 Å². The van der Waals surface area contributed by atoms with Crippen molar-refractivity contribution in [3.8, 4) is 0 Å². The summed E-state index contributed by atoms with van der Waals surface area (Å²) < 4.78 is 13.5. The van der Waals surface area contributed by atoms with Crippen molar-refractivity contribution in [2.24, 2.45) is 0 Å². The van der Waals surface area contributed by atoms with Crippen LogP contribution in [-0.4, -0.2) is 10.9 Å². The Balaban J connectivity index is 2.66. The van der Waals surface area contributed by atoms with E-state index in [0.29, 0.717) is 10.5 Å². The van der Waals surface area contributed by atoms with E-state index in [0.717, 1.165) is 18.6 Å². The highest BCUT2D eigenvalue weighted by molar-refractivity contribution is 7.99. The summed E-state index contributed by atoms with van der Waals surface area (Å²) in [6.45, 7) is 3.76. The molecule has 0 saturated heterocycles. The molecular weight excluding hydrogens is 211 g/mol. The highest BCUT2D eigenvalue weighted by atomic mass is 32.2. The predicted octanol–water partition coefficient (Wildman–Crippen LogP) is 3.77. The molecule has 0 aliphatic rings. The maximum atomic E-state index is 13.5. The Hall–Kier alpha value is -0.540. The summed E-state index contributed by atoms with van der Waals surface area (Å²) in [6.07, 6.45) is 1.62. The third kappa shape index (κ3) is 3.84. The van der Waals surface area contributed by atoms with Crippen LogP contribution >= 0.6 is 11.8 Å².